The quantitative estimate of drug-likeness (QED) is 0.869. The molecule has 0 N–H and O–H groups in total. The van der Waals surface area contributed by atoms with Crippen molar-refractivity contribution in [2.75, 3.05) is 6.54 Å². The van der Waals surface area contributed by atoms with Crippen molar-refractivity contribution in [3.8, 4) is 0 Å². The molecule has 0 saturated carbocycles. The molecule has 3 heterocycles. The van der Waals surface area contributed by atoms with E-state index in [1.165, 1.54) is 0 Å². The molecule has 2 aromatic heterocycles. The van der Waals surface area contributed by atoms with Gasteiger partial charge in [0, 0.05) is 12.5 Å². The highest BCUT2D eigenvalue weighted by Crippen LogP contribution is 2.33. The molecule has 3 rings (SSSR count). The van der Waals surface area contributed by atoms with Crippen molar-refractivity contribution in [1.82, 2.24) is 15.0 Å². The predicted octanol–water partition coefficient (Wildman–Crippen LogP) is 3.38. The van der Waals surface area contributed by atoms with Gasteiger partial charge in [-0.25, -0.2) is 0 Å². The van der Waals surface area contributed by atoms with Crippen molar-refractivity contribution in [3.05, 3.63) is 34.9 Å². The van der Waals surface area contributed by atoms with Crippen LogP contribution in [0.1, 0.15) is 72.2 Å². The minimum absolute atomic E-state index is 0.0206. The number of aryl methyl sites for hydroxylation is 2. The molecule has 0 aromatic carbocycles. The van der Waals surface area contributed by atoms with Crippen LogP contribution in [-0.2, 0) is 0 Å². The lowest BCUT2D eigenvalue weighted by Crippen LogP contribution is -2.31. The largest absolute Gasteiger partial charge is 0.466 e. The summed E-state index contributed by atoms with van der Waals surface area (Å²) in [5.74, 6) is 2.79. The predicted molar refractivity (Wildman–Crippen MR) is 79.6 cm³/mol. The first-order valence-corrected chi connectivity index (χ1v) is 7.69. The number of likely N-dealkylation sites (tertiary alicyclic amines) is 1. The Morgan fingerprint density at radius 1 is 1.41 bits per heavy atom. The van der Waals surface area contributed by atoms with Crippen LogP contribution in [0.15, 0.2) is 15.0 Å². The van der Waals surface area contributed by atoms with Gasteiger partial charge in [-0.3, -0.25) is 4.79 Å². The van der Waals surface area contributed by atoms with E-state index >= 15 is 0 Å². The molecule has 0 bridgehead atoms. The molecule has 6 heteroatoms. The Morgan fingerprint density at radius 3 is 2.77 bits per heavy atom. The number of nitrogens with zero attached hydrogens (tertiary/aromatic N) is 3. The van der Waals surface area contributed by atoms with Crippen LogP contribution in [0.4, 0.5) is 0 Å². The van der Waals surface area contributed by atoms with Crippen molar-refractivity contribution in [2.45, 2.75) is 52.5 Å². The summed E-state index contributed by atoms with van der Waals surface area (Å²) in [5, 5.41) is 4.07. The summed E-state index contributed by atoms with van der Waals surface area (Å²) in [5.41, 5.74) is 0.622. The van der Waals surface area contributed by atoms with Crippen LogP contribution in [0.3, 0.4) is 0 Å². The Bertz CT molecular complexity index is 687. The number of carbonyl (C=O) groups excluding carboxylic acids is 1. The molecule has 0 radical (unpaired) electrons. The van der Waals surface area contributed by atoms with Gasteiger partial charge in [0.1, 0.15) is 11.5 Å². The average molecular weight is 303 g/mol. The molecule has 1 fully saturated rings. The van der Waals surface area contributed by atoms with Crippen molar-refractivity contribution < 1.29 is 13.7 Å². The average Bonchev–Trinajstić information content (AvgIpc) is 3.15. The first-order chi connectivity index (χ1) is 10.5. The fraction of sp³-hybridized carbons (Fsp3) is 0.562. The molecule has 0 aliphatic carbocycles. The van der Waals surface area contributed by atoms with Crippen LogP contribution < -0.4 is 0 Å². The van der Waals surface area contributed by atoms with E-state index in [-0.39, 0.29) is 17.9 Å². The van der Waals surface area contributed by atoms with Crippen molar-refractivity contribution in [2.24, 2.45) is 0 Å². The van der Waals surface area contributed by atoms with E-state index < -0.39 is 0 Å². The first kappa shape index (κ1) is 14.8. The van der Waals surface area contributed by atoms with Gasteiger partial charge in [0.25, 0.3) is 5.91 Å². The fourth-order valence-corrected chi connectivity index (χ4v) is 2.89. The summed E-state index contributed by atoms with van der Waals surface area (Å²) in [7, 11) is 0. The van der Waals surface area contributed by atoms with Gasteiger partial charge < -0.3 is 13.8 Å². The molecule has 22 heavy (non-hydrogen) atoms. The first-order valence-electron chi connectivity index (χ1n) is 7.69. The number of furan rings is 1. The van der Waals surface area contributed by atoms with E-state index in [0.717, 1.165) is 18.6 Å². The highest BCUT2D eigenvalue weighted by Gasteiger charge is 2.35. The Morgan fingerprint density at radius 2 is 2.18 bits per heavy atom. The smallest absolute Gasteiger partial charge is 0.258 e. The second kappa shape index (κ2) is 5.59. The summed E-state index contributed by atoms with van der Waals surface area (Å²) in [6.45, 7) is 8.38. The lowest BCUT2D eigenvalue weighted by molar-refractivity contribution is 0.0726. The third-order valence-corrected chi connectivity index (χ3v) is 4.03. The number of aromatic nitrogens is 2. The Balaban J connectivity index is 1.86. The van der Waals surface area contributed by atoms with Crippen LogP contribution in [0, 0.1) is 13.8 Å². The van der Waals surface area contributed by atoms with Gasteiger partial charge in [-0.1, -0.05) is 19.0 Å². The highest BCUT2D eigenvalue weighted by molar-refractivity contribution is 5.95. The lowest BCUT2D eigenvalue weighted by atomic mass is 10.1. The van der Waals surface area contributed by atoms with E-state index in [2.05, 4.69) is 10.1 Å². The van der Waals surface area contributed by atoms with E-state index in [4.69, 9.17) is 8.94 Å². The maximum absolute atomic E-state index is 12.8. The van der Waals surface area contributed by atoms with E-state index in [1.54, 1.807) is 6.07 Å². The van der Waals surface area contributed by atoms with Crippen LogP contribution in [0.5, 0.6) is 0 Å². The van der Waals surface area contributed by atoms with Crippen molar-refractivity contribution in [1.29, 1.82) is 0 Å². The molecule has 1 aliphatic rings. The number of carbonyl (C=O) groups is 1. The summed E-state index contributed by atoms with van der Waals surface area (Å²) in [4.78, 5) is 19.1. The Kier molecular flexibility index (Phi) is 3.76. The maximum atomic E-state index is 12.8. The third kappa shape index (κ3) is 2.53. The van der Waals surface area contributed by atoms with E-state index in [9.17, 15) is 4.79 Å². The number of hydrogen-bond donors (Lipinski definition) is 0. The number of rotatable bonds is 3. The van der Waals surface area contributed by atoms with Crippen LogP contribution in [-0.4, -0.2) is 27.5 Å². The van der Waals surface area contributed by atoms with Gasteiger partial charge in [-0.05, 0) is 32.8 Å². The lowest BCUT2D eigenvalue weighted by Gasteiger charge is -2.21. The highest BCUT2D eigenvalue weighted by atomic mass is 16.5. The van der Waals surface area contributed by atoms with Gasteiger partial charge in [0.05, 0.1) is 11.6 Å². The molecule has 1 aliphatic heterocycles. The SMILES string of the molecule is Cc1cc(C(=O)N2CCC[C@H]2c2noc(C(C)C)n2)c(C)o1. The molecule has 2 aromatic rings. The summed E-state index contributed by atoms with van der Waals surface area (Å²) < 4.78 is 10.8. The summed E-state index contributed by atoms with van der Waals surface area (Å²) >= 11 is 0. The number of amides is 1. The van der Waals surface area contributed by atoms with Crippen LogP contribution in [0.2, 0.25) is 0 Å². The Labute approximate surface area is 129 Å². The molecular weight excluding hydrogens is 282 g/mol. The standard InChI is InChI=1S/C16H21N3O3/c1-9(2)15-17-14(18-22-15)13-6-5-7-19(13)16(20)12-8-10(3)21-11(12)4/h8-9,13H,5-7H2,1-4H3/t13-/m0/s1. The zero-order valence-corrected chi connectivity index (χ0v) is 13.4. The second-order valence-electron chi connectivity index (χ2n) is 6.13. The third-order valence-electron chi connectivity index (χ3n) is 4.03. The van der Waals surface area contributed by atoms with Gasteiger partial charge in [0.15, 0.2) is 5.82 Å². The normalized spacial score (nSPS) is 18.4. The van der Waals surface area contributed by atoms with Crippen molar-refractivity contribution in [3.63, 3.8) is 0 Å². The Hall–Kier alpha value is -2.11. The van der Waals surface area contributed by atoms with Gasteiger partial charge >= 0.3 is 0 Å². The molecule has 1 amide bonds. The minimum atomic E-state index is -0.113. The molecule has 0 unspecified atom stereocenters. The fourth-order valence-electron chi connectivity index (χ4n) is 2.89. The molecule has 1 atom stereocenters. The van der Waals surface area contributed by atoms with Gasteiger partial charge in [-0.2, -0.15) is 4.98 Å². The molecule has 1 saturated heterocycles. The van der Waals surface area contributed by atoms with Crippen molar-refractivity contribution >= 4 is 5.91 Å². The maximum Gasteiger partial charge on any atom is 0.258 e. The van der Waals surface area contributed by atoms with E-state index in [0.29, 0.717) is 29.6 Å². The molecule has 118 valence electrons. The zero-order chi connectivity index (χ0) is 15.9. The number of hydrogen-bond acceptors (Lipinski definition) is 5. The molecule has 6 nitrogen and oxygen atoms in total. The minimum Gasteiger partial charge on any atom is -0.466 e. The van der Waals surface area contributed by atoms with Gasteiger partial charge in [-0.15, -0.1) is 0 Å². The summed E-state index contributed by atoms with van der Waals surface area (Å²) in [6.07, 6.45) is 1.80. The van der Waals surface area contributed by atoms with Crippen LogP contribution >= 0.6 is 0 Å². The van der Waals surface area contributed by atoms with Gasteiger partial charge in [0.2, 0.25) is 5.89 Å². The van der Waals surface area contributed by atoms with E-state index in [1.807, 2.05) is 32.6 Å². The monoisotopic (exact) mass is 303 g/mol. The summed E-state index contributed by atoms with van der Waals surface area (Å²) in [6, 6.07) is 1.68. The van der Waals surface area contributed by atoms with Crippen LogP contribution in [0.25, 0.3) is 0 Å². The molecule has 0 spiro atoms. The second-order valence-corrected chi connectivity index (χ2v) is 6.13. The topological polar surface area (TPSA) is 72.4 Å². The zero-order valence-electron chi connectivity index (χ0n) is 13.4. The molecular formula is C16H21N3O3.